The van der Waals surface area contributed by atoms with E-state index < -0.39 is 0 Å². The summed E-state index contributed by atoms with van der Waals surface area (Å²) in [5.41, 5.74) is 1.44. The smallest absolute Gasteiger partial charge is 0.189 e. The van der Waals surface area contributed by atoms with Gasteiger partial charge in [0.2, 0.25) is 0 Å². The fourth-order valence-corrected chi connectivity index (χ4v) is 2.01. The lowest BCUT2D eigenvalue weighted by molar-refractivity contribution is 0.104. The predicted octanol–water partition coefficient (Wildman–Crippen LogP) is 4.56. The molecule has 0 amide bonds. The fraction of sp³-hybridized carbons (Fsp3) is 0.118. The van der Waals surface area contributed by atoms with Gasteiger partial charge in [0.1, 0.15) is 12.4 Å². The van der Waals surface area contributed by atoms with E-state index in [9.17, 15) is 4.79 Å². The van der Waals surface area contributed by atoms with Gasteiger partial charge in [0.15, 0.2) is 5.78 Å². The number of aliphatic hydroxyl groups is 1. The van der Waals surface area contributed by atoms with Crippen LogP contribution in [0.5, 0.6) is 5.75 Å². The first-order chi connectivity index (χ1) is 10.1. The van der Waals surface area contributed by atoms with Gasteiger partial charge in [-0.3, -0.25) is 4.79 Å². The Bertz CT molecular complexity index is 659. The maximum Gasteiger partial charge on any atom is 0.189 e. The van der Waals surface area contributed by atoms with E-state index in [0.29, 0.717) is 22.9 Å². The summed E-state index contributed by atoms with van der Waals surface area (Å²) >= 11 is 6.12. The lowest BCUT2D eigenvalue weighted by Gasteiger charge is -2.09. The topological polar surface area (TPSA) is 46.5 Å². The molecule has 0 saturated heterocycles. The van der Waals surface area contributed by atoms with Crippen molar-refractivity contribution >= 4 is 17.4 Å². The highest BCUT2D eigenvalue weighted by molar-refractivity contribution is 6.32. The van der Waals surface area contributed by atoms with Crippen molar-refractivity contribution < 1.29 is 14.6 Å². The molecular weight excluding hydrogens is 288 g/mol. The highest BCUT2D eigenvalue weighted by Gasteiger charge is 2.08. The van der Waals surface area contributed by atoms with Crippen molar-refractivity contribution in [2.75, 3.05) is 0 Å². The van der Waals surface area contributed by atoms with Gasteiger partial charge in [0.05, 0.1) is 10.8 Å². The van der Waals surface area contributed by atoms with E-state index in [1.165, 1.54) is 13.0 Å². The number of carbonyl (C=O) groups is 1. The molecule has 2 aromatic carbocycles. The molecule has 4 heteroatoms. The molecule has 0 spiro atoms. The second kappa shape index (κ2) is 6.95. The number of ether oxygens (including phenoxy) is 1. The maximum atomic E-state index is 11.8. The Kier molecular flexibility index (Phi) is 5.01. The van der Waals surface area contributed by atoms with Crippen molar-refractivity contribution in [2.24, 2.45) is 0 Å². The summed E-state index contributed by atoms with van der Waals surface area (Å²) < 4.78 is 5.63. The van der Waals surface area contributed by atoms with Crippen molar-refractivity contribution in [3.63, 3.8) is 0 Å². The van der Waals surface area contributed by atoms with Crippen LogP contribution in [0.1, 0.15) is 22.8 Å². The van der Waals surface area contributed by atoms with Gasteiger partial charge in [0, 0.05) is 11.6 Å². The van der Waals surface area contributed by atoms with Gasteiger partial charge in [-0.2, -0.15) is 0 Å². The van der Waals surface area contributed by atoms with E-state index >= 15 is 0 Å². The zero-order valence-corrected chi connectivity index (χ0v) is 12.3. The lowest BCUT2D eigenvalue weighted by Crippen LogP contribution is -1.99. The first kappa shape index (κ1) is 15.1. The van der Waals surface area contributed by atoms with Crippen LogP contribution in [-0.2, 0) is 6.61 Å². The Balaban J connectivity index is 2.09. The molecule has 0 radical (unpaired) electrons. The summed E-state index contributed by atoms with van der Waals surface area (Å²) in [4.78, 5) is 11.8. The molecule has 0 bridgehead atoms. The standard InChI is InChI=1S/C17H15ClO3/c1-12(19)9-16(20)14-7-8-17(15(18)10-14)21-11-13-5-3-2-4-6-13/h2-10,19H,11H2,1H3. The van der Waals surface area contributed by atoms with Crippen LogP contribution < -0.4 is 4.74 Å². The van der Waals surface area contributed by atoms with Gasteiger partial charge in [-0.05, 0) is 30.7 Å². The Morgan fingerprint density at radius 2 is 1.95 bits per heavy atom. The molecule has 2 aromatic rings. The Morgan fingerprint density at radius 3 is 2.57 bits per heavy atom. The first-order valence-corrected chi connectivity index (χ1v) is 6.82. The number of rotatable bonds is 5. The van der Waals surface area contributed by atoms with Crippen molar-refractivity contribution in [1.82, 2.24) is 0 Å². The molecule has 0 saturated carbocycles. The van der Waals surface area contributed by atoms with Crippen molar-refractivity contribution in [3.05, 3.63) is 76.5 Å². The summed E-state index contributed by atoms with van der Waals surface area (Å²) in [5.74, 6) is 0.175. The number of hydrogen-bond acceptors (Lipinski definition) is 3. The summed E-state index contributed by atoms with van der Waals surface area (Å²) in [6.45, 7) is 1.85. The zero-order valence-electron chi connectivity index (χ0n) is 11.5. The highest BCUT2D eigenvalue weighted by atomic mass is 35.5. The van der Waals surface area contributed by atoms with Crippen molar-refractivity contribution in [3.8, 4) is 5.75 Å². The molecule has 0 aliphatic carbocycles. The minimum Gasteiger partial charge on any atom is -0.512 e. The van der Waals surface area contributed by atoms with Crippen LogP contribution in [0.3, 0.4) is 0 Å². The molecule has 0 unspecified atom stereocenters. The van der Waals surface area contributed by atoms with Crippen LogP contribution >= 0.6 is 11.6 Å². The molecule has 1 N–H and O–H groups in total. The first-order valence-electron chi connectivity index (χ1n) is 6.44. The molecule has 2 rings (SSSR count). The monoisotopic (exact) mass is 302 g/mol. The molecule has 21 heavy (non-hydrogen) atoms. The SMILES string of the molecule is CC(O)=CC(=O)c1ccc(OCc2ccccc2)c(Cl)c1. The van der Waals surface area contributed by atoms with E-state index in [4.69, 9.17) is 21.4 Å². The summed E-state index contributed by atoms with van der Waals surface area (Å²) in [7, 11) is 0. The second-order valence-corrected chi connectivity index (χ2v) is 4.98. The van der Waals surface area contributed by atoms with Gasteiger partial charge in [-0.15, -0.1) is 0 Å². The molecule has 3 nitrogen and oxygen atoms in total. The van der Waals surface area contributed by atoms with E-state index in [0.717, 1.165) is 11.6 Å². The average molecular weight is 303 g/mol. The fourth-order valence-electron chi connectivity index (χ4n) is 1.78. The number of benzene rings is 2. The van der Waals surface area contributed by atoms with Gasteiger partial charge in [-0.25, -0.2) is 0 Å². The van der Waals surface area contributed by atoms with Crippen molar-refractivity contribution in [1.29, 1.82) is 0 Å². The molecule has 0 atom stereocenters. The minimum absolute atomic E-state index is 0.0412. The maximum absolute atomic E-state index is 11.8. The number of carbonyl (C=O) groups excluding carboxylic acids is 1. The highest BCUT2D eigenvalue weighted by Crippen LogP contribution is 2.26. The minimum atomic E-state index is -0.300. The normalized spacial score (nSPS) is 11.2. The van der Waals surface area contributed by atoms with Crippen molar-refractivity contribution in [2.45, 2.75) is 13.5 Å². The summed E-state index contributed by atoms with van der Waals surface area (Å²) in [6, 6.07) is 14.5. The van der Waals surface area contributed by atoms with Gasteiger partial charge in [-0.1, -0.05) is 41.9 Å². The predicted molar refractivity (Wildman–Crippen MR) is 82.9 cm³/mol. The van der Waals surface area contributed by atoms with E-state index in [1.54, 1.807) is 12.1 Å². The molecule has 0 aromatic heterocycles. The number of ketones is 1. The number of halogens is 1. The van der Waals surface area contributed by atoms with Crippen LogP contribution in [0.2, 0.25) is 5.02 Å². The summed E-state index contributed by atoms with van der Waals surface area (Å²) in [6.07, 6.45) is 1.15. The largest absolute Gasteiger partial charge is 0.512 e. The van der Waals surface area contributed by atoms with Crippen LogP contribution in [0.4, 0.5) is 0 Å². The summed E-state index contributed by atoms with van der Waals surface area (Å²) in [5, 5.41) is 9.46. The molecule has 0 fully saturated rings. The van der Waals surface area contributed by atoms with Gasteiger partial charge < -0.3 is 9.84 Å². The quantitative estimate of drug-likeness (QED) is 0.500. The molecule has 0 aliphatic heterocycles. The molecule has 0 aliphatic rings. The third kappa shape index (κ3) is 4.36. The second-order valence-electron chi connectivity index (χ2n) is 4.57. The van der Waals surface area contributed by atoms with Crippen LogP contribution in [0, 0.1) is 0 Å². The molecular formula is C17H15ClO3. The average Bonchev–Trinajstić information content (AvgIpc) is 2.46. The Hall–Kier alpha value is -2.26. The van der Waals surface area contributed by atoms with Crippen LogP contribution in [-0.4, -0.2) is 10.9 Å². The lowest BCUT2D eigenvalue weighted by atomic mass is 10.1. The Labute approximate surface area is 128 Å². The third-order valence-corrected chi connectivity index (χ3v) is 3.09. The molecule has 108 valence electrons. The number of allylic oxidation sites excluding steroid dienone is 2. The Morgan fingerprint density at radius 1 is 1.24 bits per heavy atom. The van der Waals surface area contributed by atoms with Crippen LogP contribution in [0.25, 0.3) is 0 Å². The van der Waals surface area contributed by atoms with E-state index in [2.05, 4.69) is 0 Å². The molecule has 0 heterocycles. The number of hydrogen-bond donors (Lipinski definition) is 1. The van der Waals surface area contributed by atoms with Crippen LogP contribution in [0.15, 0.2) is 60.4 Å². The van der Waals surface area contributed by atoms with E-state index in [-0.39, 0.29) is 11.5 Å². The van der Waals surface area contributed by atoms with Gasteiger partial charge >= 0.3 is 0 Å². The third-order valence-electron chi connectivity index (χ3n) is 2.79. The number of aliphatic hydroxyl groups excluding tert-OH is 1. The zero-order chi connectivity index (χ0) is 15.2. The van der Waals surface area contributed by atoms with E-state index in [1.807, 2.05) is 30.3 Å². The van der Waals surface area contributed by atoms with Gasteiger partial charge in [0.25, 0.3) is 0 Å².